The van der Waals surface area contributed by atoms with Crippen LogP contribution in [0.15, 0.2) is 72.8 Å². The molecule has 2 heterocycles. The number of fused-ring (bicyclic) bond motifs is 2. The Morgan fingerprint density at radius 1 is 0.977 bits per heavy atom. The number of halogens is 2. The molecule has 0 fully saturated rings. The molecule has 1 aliphatic rings. The van der Waals surface area contributed by atoms with Gasteiger partial charge in [0.05, 0.1) is 17.3 Å². The van der Waals surface area contributed by atoms with Gasteiger partial charge in [0.15, 0.2) is 17.3 Å². The molecular weight excluding hydrogens is 556 g/mol. The number of rotatable bonds is 7. The predicted molar refractivity (Wildman–Crippen MR) is 153 cm³/mol. The Kier molecular flexibility index (Phi) is 7.14. The third-order valence-electron chi connectivity index (χ3n) is 7.63. The lowest BCUT2D eigenvalue weighted by Crippen LogP contribution is -2.30. The maximum Gasteiger partial charge on any atom is 0.335 e. The third kappa shape index (κ3) is 5.32. The Morgan fingerprint density at radius 3 is 2.51 bits per heavy atom. The van der Waals surface area contributed by atoms with Crippen LogP contribution in [0.3, 0.4) is 0 Å². The maximum absolute atomic E-state index is 13.7. The Morgan fingerprint density at radius 2 is 1.77 bits per heavy atom. The molecule has 1 aliphatic carbocycles. The van der Waals surface area contributed by atoms with Gasteiger partial charge in [-0.1, -0.05) is 42.5 Å². The number of aromatic nitrogens is 3. The van der Waals surface area contributed by atoms with E-state index in [1.807, 2.05) is 30.3 Å². The molecule has 0 aliphatic heterocycles. The average molecular weight is 582 g/mol. The van der Waals surface area contributed by atoms with Crippen molar-refractivity contribution in [2.75, 3.05) is 0 Å². The second kappa shape index (κ2) is 11.1. The minimum absolute atomic E-state index is 0.0164. The van der Waals surface area contributed by atoms with Crippen LogP contribution in [-0.4, -0.2) is 37.5 Å². The molecule has 3 aromatic carbocycles. The highest BCUT2D eigenvalue weighted by Crippen LogP contribution is 2.35. The van der Waals surface area contributed by atoms with E-state index < -0.39 is 29.4 Å². The van der Waals surface area contributed by atoms with Crippen LogP contribution >= 0.6 is 0 Å². The van der Waals surface area contributed by atoms with E-state index in [0.29, 0.717) is 29.7 Å². The lowest BCUT2D eigenvalue weighted by Gasteiger charge is -2.16. The number of carboxylic acids is 1. The van der Waals surface area contributed by atoms with Crippen molar-refractivity contribution in [3.05, 3.63) is 124 Å². The lowest BCUT2D eigenvalue weighted by atomic mass is 9.98. The van der Waals surface area contributed by atoms with E-state index in [9.17, 15) is 28.3 Å². The summed E-state index contributed by atoms with van der Waals surface area (Å²) in [5.41, 5.74) is 4.58. The summed E-state index contributed by atoms with van der Waals surface area (Å²) < 4.78 is 28.4. The zero-order chi connectivity index (χ0) is 30.2. The molecule has 0 radical (unpaired) electrons. The van der Waals surface area contributed by atoms with E-state index in [1.54, 1.807) is 19.1 Å². The van der Waals surface area contributed by atoms with Gasteiger partial charge in [0.25, 0.3) is 11.8 Å². The Bertz CT molecular complexity index is 1920. The number of amides is 2. The third-order valence-corrected chi connectivity index (χ3v) is 7.63. The number of nitrogens with one attached hydrogen (secondary N) is 2. The predicted octanol–water partition coefficient (Wildman–Crippen LogP) is 5.03. The molecule has 216 valence electrons. The molecule has 0 bridgehead atoms. The van der Waals surface area contributed by atoms with Crippen LogP contribution in [-0.2, 0) is 13.0 Å². The number of hydrogen-bond donors (Lipinski definition) is 3. The quantitative estimate of drug-likeness (QED) is 0.248. The SMILES string of the molecule is Cc1c(C(=O)O)ccc2c1CC[C@@H]2NC(=O)c1cc(C(=O)NCc2ccc(F)c(F)c2)n2nc(-c3ccccc3)cc2n1. The van der Waals surface area contributed by atoms with Crippen LogP contribution in [0.25, 0.3) is 16.9 Å². The van der Waals surface area contributed by atoms with Crippen molar-refractivity contribution in [1.29, 1.82) is 0 Å². The number of carbonyl (C=O) groups is 3. The first-order valence-electron chi connectivity index (χ1n) is 13.5. The first-order valence-corrected chi connectivity index (χ1v) is 13.5. The number of aromatic carboxylic acids is 1. The Hall–Kier alpha value is -5.45. The second-order valence-electron chi connectivity index (χ2n) is 10.3. The van der Waals surface area contributed by atoms with Gasteiger partial charge < -0.3 is 15.7 Å². The molecule has 3 N–H and O–H groups in total. The zero-order valence-corrected chi connectivity index (χ0v) is 22.9. The molecule has 2 amide bonds. The van der Waals surface area contributed by atoms with Crippen LogP contribution in [0.2, 0.25) is 0 Å². The van der Waals surface area contributed by atoms with E-state index in [0.717, 1.165) is 28.8 Å². The molecule has 6 rings (SSSR count). The summed E-state index contributed by atoms with van der Waals surface area (Å²) in [4.78, 5) is 43.0. The molecule has 1 atom stereocenters. The zero-order valence-electron chi connectivity index (χ0n) is 22.9. The summed E-state index contributed by atoms with van der Waals surface area (Å²) in [6.07, 6.45) is 1.19. The molecule has 5 aromatic rings. The number of carboxylic acid groups (broad SMARTS) is 1. The van der Waals surface area contributed by atoms with Crippen molar-refractivity contribution >= 4 is 23.4 Å². The van der Waals surface area contributed by atoms with Crippen molar-refractivity contribution in [2.45, 2.75) is 32.4 Å². The number of hydrogen-bond acceptors (Lipinski definition) is 5. The summed E-state index contributed by atoms with van der Waals surface area (Å²) in [5, 5.41) is 19.7. The van der Waals surface area contributed by atoms with Gasteiger partial charge in [0.2, 0.25) is 0 Å². The minimum Gasteiger partial charge on any atom is -0.478 e. The van der Waals surface area contributed by atoms with Gasteiger partial charge in [-0.3, -0.25) is 9.59 Å². The molecule has 0 saturated carbocycles. The molecule has 2 aromatic heterocycles. The fourth-order valence-corrected chi connectivity index (χ4v) is 5.42. The summed E-state index contributed by atoms with van der Waals surface area (Å²) >= 11 is 0. The smallest absolute Gasteiger partial charge is 0.335 e. The highest BCUT2D eigenvalue weighted by atomic mass is 19.2. The van der Waals surface area contributed by atoms with Crippen molar-refractivity contribution in [1.82, 2.24) is 25.2 Å². The fraction of sp³-hybridized carbons (Fsp3) is 0.156. The summed E-state index contributed by atoms with van der Waals surface area (Å²) in [6.45, 7) is 1.67. The summed E-state index contributed by atoms with van der Waals surface area (Å²) in [7, 11) is 0. The normalized spacial score (nSPS) is 14.0. The average Bonchev–Trinajstić information content (AvgIpc) is 3.62. The van der Waals surface area contributed by atoms with Crippen molar-refractivity contribution in [2.24, 2.45) is 0 Å². The summed E-state index contributed by atoms with van der Waals surface area (Å²) in [5.74, 6) is -4.14. The molecular formula is C32H25F2N5O4. The molecule has 9 nitrogen and oxygen atoms in total. The van der Waals surface area contributed by atoms with Crippen LogP contribution in [0.5, 0.6) is 0 Å². The van der Waals surface area contributed by atoms with Gasteiger partial charge in [-0.25, -0.2) is 23.1 Å². The van der Waals surface area contributed by atoms with Crippen molar-refractivity contribution in [3.63, 3.8) is 0 Å². The maximum atomic E-state index is 13.7. The van der Waals surface area contributed by atoms with Crippen LogP contribution in [0.1, 0.15) is 66.1 Å². The minimum atomic E-state index is -1.03. The highest BCUT2D eigenvalue weighted by Gasteiger charge is 2.29. The highest BCUT2D eigenvalue weighted by molar-refractivity contribution is 5.98. The molecule has 0 saturated heterocycles. The van der Waals surface area contributed by atoms with E-state index in [2.05, 4.69) is 20.7 Å². The van der Waals surface area contributed by atoms with Crippen LogP contribution in [0, 0.1) is 18.6 Å². The standard InChI is InChI=1S/C32H25F2N5O4/c1-17-20-10-12-25(22(20)9-8-21(17)32(42)43)37-30(40)27-14-28(31(41)35-16-18-7-11-23(33)24(34)13-18)39-29(36-27)15-26(38-39)19-5-3-2-4-6-19/h2-9,11,13-15,25H,10,12,16H2,1H3,(H,35,41)(H,37,40)(H,42,43)/t25-/m0/s1. The largest absolute Gasteiger partial charge is 0.478 e. The molecule has 43 heavy (non-hydrogen) atoms. The van der Waals surface area contributed by atoms with Crippen LogP contribution < -0.4 is 10.6 Å². The van der Waals surface area contributed by atoms with Gasteiger partial charge >= 0.3 is 5.97 Å². The van der Waals surface area contributed by atoms with Crippen molar-refractivity contribution < 1.29 is 28.3 Å². The molecule has 11 heteroatoms. The van der Waals surface area contributed by atoms with Crippen molar-refractivity contribution in [3.8, 4) is 11.3 Å². The number of carbonyl (C=O) groups excluding carboxylic acids is 2. The Labute approximate surface area is 244 Å². The lowest BCUT2D eigenvalue weighted by molar-refractivity contribution is 0.0695. The Balaban J connectivity index is 1.32. The topological polar surface area (TPSA) is 126 Å². The molecule has 0 unspecified atom stereocenters. The number of nitrogens with zero attached hydrogens (tertiary/aromatic N) is 3. The first-order chi connectivity index (χ1) is 20.7. The van der Waals surface area contributed by atoms with Gasteiger partial charge in [-0.05, 0) is 60.2 Å². The van der Waals surface area contributed by atoms with E-state index in [1.165, 1.54) is 22.7 Å². The first kappa shape index (κ1) is 27.7. The van der Waals surface area contributed by atoms with Crippen LogP contribution in [0.4, 0.5) is 8.78 Å². The van der Waals surface area contributed by atoms with Gasteiger partial charge in [0, 0.05) is 24.2 Å². The second-order valence-corrected chi connectivity index (χ2v) is 10.3. The number of benzene rings is 3. The van der Waals surface area contributed by atoms with E-state index in [-0.39, 0.29) is 35.2 Å². The van der Waals surface area contributed by atoms with Gasteiger partial charge in [-0.2, -0.15) is 5.10 Å². The molecule has 0 spiro atoms. The fourth-order valence-electron chi connectivity index (χ4n) is 5.42. The van der Waals surface area contributed by atoms with E-state index >= 15 is 0 Å². The van der Waals surface area contributed by atoms with Gasteiger partial charge in [-0.15, -0.1) is 0 Å². The summed E-state index contributed by atoms with van der Waals surface area (Å²) in [6, 6.07) is 18.5. The monoisotopic (exact) mass is 581 g/mol. The van der Waals surface area contributed by atoms with Gasteiger partial charge in [0.1, 0.15) is 11.4 Å². The van der Waals surface area contributed by atoms with E-state index in [4.69, 9.17) is 0 Å².